The fraction of sp³-hybridized carbons (Fsp3) is 0.0455. The molecule has 7 nitrogen and oxygen atoms in total. The van der Waals surface area contributed by atoms with E-state index in [1.54, 1.807) is 12.1 Å². The Morgan fingerprint density at radius 1 is 1.03 bits per heavy atom. The number of benzene rings is 3. The van der Waals surface area contributed by atoms with Crippen LogP contribution in [0, 0.1) is 0 Å². The van der Waals surface area contributed by atoms with E-state index >= 15 is 0 Å². The number of carboxylic acid groups (broad SMARTS) is 1. The first kappa shape index (κ1) is 19.6. The minimum absolute atomic E-state index is 0.181. The number of rotatable bonds is 4. The molecule has 0 spiro atoms. The van der Waals surface area contributed by atoms with Crippen molar-refractivity contribution in [1.29, 1.82) is 0 Å². The normalized spacial score (nSPS) is 10.1. The summed E-state index contributed by atoms with van der Waals surface area (Å²) in [7, 11) is 0. The summed E-state index contributed by atoms with van der Waals surface area (Å²) in [5.41, 5.74) is 9.66. The number of aromatic nitrogens is 2. The molecule has 4 aromatic rings. The Hall–Kier alpha value is -4.13. The van der Waals surface area contributed by atoms with Crippen LogP contribution in [0.4, 0.5) is 11.4 Å². The molecule has 146 valence electrons. The van der Waals surface area contributed by atoms with Crippen molar-refractivity contribution < 1.29 is 14.7 Å². The average molecular weight is 388 g/mol. The van der Waals surface area contributed by atoms with Crippen molar-refractivity contribution in [2.45, 2.75) is 6.54 Å². The van der Waals surface area contributed by atoms with E-state index in [0.717, 1.165) is 16.5 Å². The number of hydrogen-bond acceptors (Lipinski definition) is 4. The number of hydrogen-bond donors (Lipinski definition) is 3. The van der Waals surface area contributed by atoms with Crippen LogP contribution in [-0.2, 0) is 11.3 Å². The van der Waals surface area contributed by atoms with E-state index < -0.39 is 0 Å². The van der Waals surface area contributed by atoms with Gasteiger partial charge >= 0.3 is 0 Å². The summed E-state index contributed by atoms with van der Waals surface area (Å²) in [5.74, 6) is -0.181. The van der Waals surface area contributed by atoms with E-state index in [1.807, 2.05) is 71.5 Å². The summed E-state index contributed by atoms with van der Waals surface area (Å²) in [6.45, 7) is 0.405. The first-order chi connectivity index (χ1) is 14.1. The molecular weight excluding hydrogens is 368 g/mol. The maximum atomic E-state index is 12.4. The van der Waals surface area contributed by atoms with Crippen LogP contribution < -0.4 is 11.1 Å². The molecule has 4 rings (SSSR count). The smallest absolute Gasteiger partial charge is 0.290 e. The van der Waals surface area contributed by atoms with Gasteiger partial charge in [-0.05, 0) is 35.9 Å². The number of nitrogens with two attached hydrogens (primary N) is 1. The number of carbonyl (C=O) groups is 2. The van der Waals surface area contributed by atoms with Crippen LogP contribution in [0.25, 0.3) is 10.9 Å². The molecule has 0 saturated heterocycles. The molecule has 7 heteroatoms. The predicted octanol–water partition coefficient (Wildman–Crippen LogP) is 3.62. The highest BCUT2D eigenvalue weighted by Crippen LogP contribution is 2.18. The lowest BCUT2D eigenvalue weighted by atomic mass is 10.1. The summed E-state index contributed by atoms with van der Waals surface area (Å²) < 4.78 is 1.91. The Morgan fingerprint density at radius 3 is 2.38 bits per heavy atom. The van der Waals surface area contributed by atoms with Crippen LogP contribution in [0.15, 0.2) is 79.0 Å². The molecule has 0 atom stereocenters. The molecule has 0 aliphatic carbocycles. The summed E-state index contributed by atoms with van der Waals surface area (Å²) in [4.78, 5) is 20.7. The van der Waals surface area contributed by atoms with Crippen LogP contribution in [-0.4, -0.2) is 27.3 Å². The number of amides is 1. The molecule has 4 N–H and O–H groups in total. The molecule has 0 bridgehead atoms. The maximum Gasteiger partial charge on any atom is 0.290 e. The molecule has 0 saturated carbocycles. The Labute approximate surface area is 167 Å². The Kier molecular flexibility index (Phi) is 6.22. The van der Waals surface area contributed by atoms with Crippen molar-refractivity contribution >= 4 is 34.7 Å². The zero-order valence-electron chi connectivity index (χ0n) is 15.5. The number of nitrogen functional groups attached to an aromatic ring is 1. The van der Waals surface area contributed by atoms with Crippen molar-refractivity contribution in [3.05, 3.63) is 90.1 Å². The lowest BCUT2D eigenvalue weighted by molar-refractivity contribution is -0.122. The van der Waals surface area contributed by atoms with Crippen molar-refractivity contribution in [2.24, 2.45) is 0 Å². The Balaban J connectivity index is 0.000000755. The second-order valence-corrected chi connectivity index (χ2v) is 6.23. The number of para-hydroxylation sites is 2. The average Bonchev–Trinajstić information content (AvgIpc) is 3.13. The quantitative estimate of drug-likeness (QED) is 0.365. The molecular formula is C22H20N4O3. The third kappa shape index (κ3) is 4.98. The highest BCUT2D eigenvalue weighted by atomic mass is 16.3. The van der Waals surface area contributed by atoms with E-state index in [4.69, 9.17) is 15.6 Å². The van der Waals surface area contributed by atoms with Gasteiger partial charge in [-0.1, -0.05) is 42.5 Å². The van der Waals surface area contributed by atoms with Gasteiger partial charge in [0.1, 0.15) is 0 Å². The fourth-order valence-electron chi connectivity index (χ4n) is 2.85. The first-order valence-electron chi connectivity index (χ1n) is 8.85. The molecule has 0 unspecified atom stereocenters. The third-order valence-electron chi connectivity index (χ3n) is 4.23. The van der Waals surface area contributed by atoms with Crippen molar-refractivity contribution in [2.75, 3.05) is 11.1 Å². The molecule has 29 heavy (non-hydrogen) atoms. The van der Waals surface area contributed by atoms with Gasteiger partial charge in [-0.2, -0.15) is 5.10 Å². The van der Waals surface area contributed by atoms with E-state index in [-0.39, 0.29) is 12.4 Å². The van der Waals surface area contributed by atoms with Gasteiger partial charge in [0.05, 0.1) is 23.4 Å². The molecule has 0 radical (unpaired) electrons. The van der Waals surface area contributed by atoms with Crippen molar-refractivity contribution in [1.82, 2.24) is 9.78 Å². The van der Waals surface area contributed by atoms with Gasteiger partial charge in [-0.15, -0.1) is 0 Å². The van der Waals surface area contributed by atoms with Gasteiger partial charge in [0, 0.05) is 17.1 Å². The Morgan fingerprint density at radius 2 is 1.69 bits per heavy atom. The van der Waals surface area contributed by atoms with Gasteiger partial charge < -0.3 is 16.2 Å². The number of fused-ring (bicyclic) bond motifs is 1. The predicted molar refractivity (Wildman–Crippen MR) is 113 cm³/mol. The molecule has 0 fully saturated rings. The second-order valence-electron chi connectivity index (χ2n) is 6.23. The third-order valence-corrected chi connectivity index (χ3v) is 4.23. The van der Waals surface area contributed by atoms with Gasteiger partial charge in [-0.3, -0.25) is 14.3 Å². The minimum atomic E-state index is -0.250. The van der Waals surface area contributed by atoms with Crippen LogP contribution >= 0.6 is 0 Å². The molecule has 1 amide bonds. The van der Waals surface area contributed by atoms with E-state index in [9.17, 15) is 4.79 Å². The topological polar surface area (TPSA) is 110 Å². The summed E-state index contributed by atoms with van der Waals surface area (Å²) >= 11 is 0. The van der Waals surface area contributed by atoms with Crippen LogP contribution in [0.3, 0.4) is 0 Å². The van der Waals surface area contributed by atoms with Crippen molar-refractivity contribution in [3.8, 4) is 0 Å². The SMILES string of the molecule is Nc1ccccc1NC(=O)c1ccc(Cn2cc3ccccc3n2)cc1.O=CO. The first-order valence-corrected chi connectivity index (χ1v) is 8.85. The highest BCUT2D eigenvalue weighted by molar-refractivity contribution is 6.05. The van der Waals surface area contributed by atoms with Crippen LogP contribution in [0.2, 0.25) is 0 Å². The molecule has 1 heterocycles. The van der Waals surface area contributed by atoms with Gasteiger partial charge in [0.15, 0.2) is 0 Å². The second kappa shape index (κ2) is 9.18. The molecule has 0 aliphatic heterocycles. The van der Waals surface area contributed by atoms with Gasteiger partial charge in [-0.25, -0.2) is 0 Å². The molecule has 1 aromatic heterocycles. The maximum absolute atomic E-state index is 12.4. The molecule has 3 aromatic carbocycles. The minimum Gasteiger partial charge on any atom is -0.483 e. The van der Waals surface area contributed by atoms with Gasteiger partial charge in [0.25, 0.3) is 12.4 Å². The molecule has 0 aliphatic rings. The number of anilines is 2. The van der Waals surface area contributed by atoms with Crippen LogP contribution in [0.5, 0.6) is 0 Å². The number of nitrogens with one attached hydrogen (secondary N) is 1. The monoisotopic (exact) mass is 388 g/mol. The lowest BCUT2D eigenvalue weighted by Crippen LogP contribution is -2.13. The Bertz CT molecular complexity index is 1090. The number of nitrogens with zero attached hydrogens (tertiary/aromatic N) is 2. The van der Waals surface area contributed by atoms with E-state index in [0.29, 0.717) is 23.5 Å². The standard InChI is InChI=1S/C21H18N4O.CH2O2/c22-18-6-2-4-8-20(18)23-21(26)16-11-9-15(10-12-16)13-25-14-17-5-1-3-7-19(17)24-25;2-1-3/h1-12,14H,13,22H2,(H,23,26);1H,(H,2,3). The van der Waals surface area contributed by atoms with E-state index in [2.05, 4.69) is 10.4 Å². The largest absolute Gasteiger partial charge is 0.483 e. The van der Waals surface area contributed by atoms with Crippen molar-refractivity contribution in [3.63, 3.8) is 0 Å². The fourth-order valence-corrected chi connectivity index (χ4v) is 2.85. The zero-order chi connectivity index (χ0) is 20.6. The summed E-state index contributed by atoms with van der Waals surface area (Å²) in [6, 6.07) is 22.7. The summed E-state index contributed by atoms with van der Waals surface area (Å²) in [5, 5.41) is 15.4. The highest BCUT2D eigenvalue weighted by Gasteiger charge is 2.08. The number of carbonyl (C=O) groups excluding carboxylic acids is 1. The van der Waals surface area contributed by atoms with E-state index in [1.165, 1.54) is 0 Å². The van der Waals surface area contributed by atoms with Crippen LogP contribution in [0.1, 0.15) is 15.9 Å². The summed E-state index contributed by atoms with van der Waals surface area (Å²) in [6.07, 6.45) is 2.02. The van der Waals surface area contributed by atoms with Gasteiger partial charge in [0.2, 0.25) is 0 Å². The zero-order valence-corrected chi connectivity index (χ0v) is 15.5. The lowest BCUT2D eigenvalue weighted by Gasteiger charge is -2.08.